The Morgan fingerprint density at radius 1 is 1.11 bits per heavy atom. The second-order valence-electron chi connectivity index (χ2n) is 6.66. The monoisotopic (exact) mass is 391 g/mol. The number of hydrogen-bond donors (Lipinski definition) is 0. The van der Waals surface area contributed by atoms with Gasteiger partial charge in [0.25, 0.3) is 5.91 Å². The molecule has 1 fully saturated rings. The Bertz CT molecular complexity index is 821. The summed E-state index contributed by atoms with van der Waals surface area (Å²) in [6, 6.07) is 8.46. The van der Waals surface area contributed by atoms with E-state index in [1.165, 1.54) is 26.4 Å². The predicted molar refractivity (Wildman–Crippen MR) is 99.6 cm³/mol. The van der Waals surface area contributed by atoms with E-state index in [1.807, 2.05) is 0 Å². The van der Waals surface area contributed by atoms with E-state index < -0.39 is 11.6 Å². The molecule has 0 bridgehead atoms. The number of carbonyl (C=O) groups excluding carboxylic acids is 1. The minimum absolute atomic E-state index is 0.0335. The standard InChI is InChI=1S/C21H23F2NO4/c1-26-18-8-15(9-19(11-18)27-2)21(25)24-7-3-4-17(12-24)28-13-14-5-6-16(22)10-20(14)23/h5-6,8-11,17H,3-4,7,12-13H2,1-2H3/t17-/m0/s1. The van der Waals surface area contributed by atoms with Gasteiger partial charge in [-0.25, -0.2) is 8.78 Å². The van der Waals surface area contributed by atoms with Crippen molar-refractivity contribution in [1.82, 2.24) is 4.90 Å². The van der Waals surface area contributed by atoms with Crippen LogP contribution in [0.2, 0.25) is 0 Å². The number of methoxy groups -OCH3 is 2. The highest BCUT2D eigenvalue weighted by atomic mass is 19.1. The predicted octanol–water partition coefficient (Wildman–Crippen LogP) is 3.80. The highest BCUT2D eigenvalue weighted by Crippen LogP contribution is 2.25. The van der Waals surface area contributed by atoms with Crippen molar-refractivity contribution in [3.63, 3.8) is 0 Å². The molecule has 150 valence electrons. The molecule has 0 aromatic heterocycles. The summed E-state index contributed by atoms with van der Waals surface area (Å²) < 4.78 is 43.0. The molecule has 2 aromatic carbocycles. The van der Waals surface area contributed by atoms with Gasteiger partial charge in [0.1, 0.15) is 23.1 Å². The van der Waals surface area contributed by atoms with Crippen LogP contribution in [-0.4, -0.2) is 44.2 Å². The zero-order valence-corrected chi connectivity index (χ0v) is 15.9. The maximum Gasteiger partial charge on any atom is 0.254 e. The third kappa shape index (κ3) is 4.78. The summed E-state index contributed by atoms with van der Waals surface area (Å²) in [5, 5.41) is 0. The van der Waals surface area contributed by atoms with E-state index in [2.05, 4.69) is 0 Å². The molecule has 1 amide bonds. The SMILES string of the molecule is COc1cc(OC)cc(C(=O)N2CCC[C@H](OCc3ccc(F)cc3F)C2)c1. The summed E-state index contributed by atoms with van der Waals surface area (Å²) in [5.41, 5.74) is 0.767. The van der Waals surface area contributed by atoms with Gasteiger partial charge >= 0.3 is 0 Å². The molecule has 3 rings (SSSR count). The molecule has 0 saturated carbocycles. The minimum atomic E-state index is -0.632. The lowest BCUT2D eigenvalue weighted by molar-refractivity contribution is -0.00765. The van der Waals surface area contributed by atoms with Crippen molar-refractivity contribution >= 4 is 5.91 Å². The van der Waals surface area contributed by atoms with Crippen LogP contribution >= 0.6 is 0 Å². The molecule has 2 aromatic rings. The number of nitrogens with zero attached hydrogens (tertiary/aromatic N) is 1. The molecule has 0 spiro atoms. The number of likely N-dealkylation sites (tertiary alicyclic amines) is 1. The van der Waals surface area contributed by atoms with Crippen LogP contribution in [-0.2, 0) is 11.3 Å². The number of hydrogen-bond acceptors (Lipinski definition) is 4. The fourth-order valence-electron chi connectivity index (χ4n) is 3.22. The normalized spacial score (nSPS) is 16.7. The van der Waals surface area contributed by atoms with E-state index in [1.54, 1.807) is 23.1 Å². The van der Waals surface area contributed by atoms with Crippen LogP contribution in [0.15, 0.2) is 36.4 Å². The average molecular weight is 391 g/mol. The Hall–Kier alpha value is -2.67. The van der Waals surface area contributed by atoms with Gasteiger partial charge in [-0.3, -0.25) is 4.79 Å². The topological polar surface area (TPSA) is 48.0 Å². The number of benzene rings is 2. The first-order valence-electron chi connectivity index (χ1n) is 9.08. The first kappa shape index (κ1) is 20.1. The number of ether oxygens (including phenoxy) is 3. The summed E-state index contributed by atoms with van der Waals surface area (Å²) in [5.74, 6) is -0.311. The Morgan fingerprint density at radius 3 is 2.46 bits per heavy atom. The number of amides is 1. The van der Waals surface area contributed by atoms with Gasteiger partial charge in [-0.05, 0) is 31.0 Å². The van der Waals surface area contributed by atoms with E-state index in [4.69, 9.17) is 14.2 Å². The molecule has 1 heterocycles. The average Bonchev–Trinajstić information content (AvgIpc) is 2.72. The van der Waals surface area contributed by atoms with Crippen LogP contribution in [0.4, 0.5) is 8.78 Å². The van der Waals surface area contributed by atoms with Crippen molar-refractivity contribution in [2.45, 2.75) is 25.6 Å². The zero-order chi connectivity index (χ0) is 20.1. The van der Waals surface area contributed by atoms with Crippen molar-refractivity contribution < 1.29 is 27.8 Å². The van der Waals surface area contributed by atoms with E-state index in [9.17, 15) is 13.6 Å². The molecule has 1 atom stereocenters. The Labute approximate surface area is 162 Å². The number of rotatable bonds is 6. The quantitative estimate of drug-likeness (QED) is 0.752. The van der Waals surface area contributed by atoms with Gasteiger partial charge in [0.15, 0.2) is 0 Å². The van der Waals surface area contributed by atoms with Crippen LogP contribution in [0.1, 0.15) is 28.8 Å². The molecular formula is C21H23F2NO4. The van der Waals surface area contributed by atoms with Gasteiger partial charge in [0.05, 0.1) is 26.9 Å². The van der Waals surface area contributed by atoms with Gasteiger partial charge in [0, 0.05) is 36.3 Å². The first-order valence-corrected chi connectivity index (χ1v) is 9.08. The largest absolute Gasteiger partial charge is 0.497 e. The summed E-state index contributed by atoms with van der Waals surface area (Å²) in [4.78, 5) is 14.6. The molecule has 0 radical (unpaired) electrons. The van der Waals surface area contributed by atoms with E-state index >= 15 is 0 Å². The van der Waals surface area contributed by atoms with Crippen molar-refractivity contribution in [3.8, 4) is 11.5 Å². The minimum Gasteiger partial charge on any atom is -0.497 e. The van der Waals surface area contributed by atoms with Gasteiger partial charge in [0.2, 0.25) is 0 Å². The smallest absolute Gasteiger partial charge is 0.254 e. The van der Waals surface area contributed by atoms with E-state index in [-0.39, 0.29) is 18.6 Å². The van der Waals surface area contributed by atoms with Crippen LogP contribution in [0.5, 0.6) is 11.5 Å². The second-order valence-corrected chi connectivity index (χ2v) is 6.66. The van der Waals surface area contributed by atoms with Crippen molar-refractivity contribution in [2.75, 3.05) is 27.3 Å². The Balaban J connectivity index is 1.65. The molecule has 28 heavy (non-hydrogen) atoms. The highest BCUT2D eigenvalue weighted by molar-refractivity contribution is 5.95. The molecule has 1 aliphatic heterocycles. The molecule has 7 heteroatoms. The number of piperidine rings is 1. The van der Waals surface area contributed by atoms with Crippen LogP contribution in [0.25, 0.3) is 0 Å². The molecule has 0 aliphatic carbocycles. The fourth-order valence-corrected chi connectivity index (χ4v) is 3.22. The van der Waals surface area contributed by atoms with Gasteiger partial charge < -0.3 is 19.1 Å². The molecule has 5 nitrogen and oxygen atoms in total. The van der Waals surface area contributed by atoms with Gasteiger partial charge in [-0.15, -0.1) is 0 Å². The van der Waals surface area contributed by atoms with Crippen molar-refractivity contribution in [3.05, 3.63) is 59.2 Å². The molecule has 0 N–H and O–H groups in total. The van der Waals surface area contributed by atoms with Crippen molar-refractivity contribution in [1.29, 1.82) is 0 Å². The first-order chi connectivity index (χ1) is 13.5. The second kappa shape index (κ2) is 9.01. The fraction of sp³-hybridized carbons (Fsp3) is 0.381. The summed E-state index contributed by atoms with van der Waals surface area (Å²) >= 11 is 0. The van der Waals surface area contributed by atoms with Gasteiger partial charge in [-0.1, -0.05) is 6.07 Å². The van der Waals surface area contributed by atoms with E-state index in [0.29, 0.717) is 35.7 Å². The molecular weight excluding hydrogens is 368 g/mol. The Kier molecular flexibility index (Phi) is 6.46. The number of carbonyl (C=O) groups is 1. The lowest BCUT2D eigenvalue weighted by atomic mass is 10.1. The third-order valence-corrected chi connectivity index (χ3v) is 4.75. The third-order valence-electron chi connectivity index (χ3n) is 4.75. The molecule has 0 unspecified atom stereocenters. The van der Waals surface area contributed by atoms with E-state index in [0.717, 1.165) is 18.9 Å². The number of halogens is 2. The molecule has 1 aliphatic rings. The lowest BCUT2D eigenvalue weighted by Crippen LogP contribution is -2.43. The maximum atomic E-state index is 13.8. The zero-order valence-electron chi connectivity index (χ0n) is 15.9. The Morgan fingerprint density at radius 2 is 1.82 bits per heavy atom. The maximum absolute atomic E-state index is 13.8. The summed E-state index contributed by atoms with van der Waals surface area (Å²) in [6.45, 7) is 1.05. The van der Waals surface area contributed by atoms with Crippen molar-refractivity contribution in [2.24, 2.45) is 0 Å². The van der Waals surface area contributed by atoms with Crippen LogP contribution < -0.4 is 9.47 Å². The highest BCUT2D eigenvalue weighted by Gasteiger charge is 2.26. The molecule has 1 saturated heterocycles. The van der Waals surface area contributed by atoms with Crippen LogP contribution in [0.3, 0.4) is 0 Å². The lowest BCUT2D eigenvalue weighted by Gasteiger charge is -2.33. The summed E-state index contributed by atoms with van der Waals surface area (Å²) in [7, 11) is 3.06. The van der Waals surface area contributed by atoms with Crippen LogP contribution in [0, 0.1) is 11.6 Å². The van der Waals surface area contributed by atoms with Gasteiger partial charge in [-0.2, -0.15) is 0 Å². The summed E-state index contributed by atoms with van der Waals surface area (Å²) in [6.07, 6.45) is 1.34.